The lowest BCUT2D eigenvalue weighted by Gasteiger charge is -2.18. The largest absolute Gasteiger partial charge is 0.496 e. The number of pyridine rings is 1. The Morgan fingerprint density at radius 1 is 1.13 bits per heavy atom. The minimum Gasteiger partial charge on any atom is -0.496 e. The molecule has 5 nitrogen and oxygen atoms in total. The van der Waals surface area contributed by atoms with Crippen molar-refractivity contribution in [2.75, 3.05) is 19.1 Å². The van der Waals surface area contributed by atoms with E-state index in [1.54, 1.807) is 31.3 Å². The summed E-state index contributed by atoms with van der Waals surface area (Å²) in [4.78, 5) is 30.7. The predicted octanol–water partition coefficient (Wildman–Crippen LogP) is 5.34. The zero-order valence-corrected chi connectivity index (χ0v) is 18.7. The number of methoxy groups -OCH3 is 1. The molecular formula is C26H30N2O3. The van der Waals surface area contributed by atoms with Crippen LogP contribution < -0.4 is 9.64 Å². The summed E-state index contributed by atoms with van der Waals surface area (Å²) in [5.41, 5.74) is 6.11. The van der Waals surface area contributed by atoms with Crippen LogP contribution in [0.4, 0.5) is 5.69 Å². The second kappa shape index (κ2) is 9.56. The summed E-state index contributed by atoms with van der Waals surface area (Å²) in [6.07, 6.45) is 3.02. The molecule has 3 aromatic rings. The molecule has 0 atom stereocenters. The summed E-state index contributed by atoms with van der Waals surface area (Å²) >= 11 is 0. The van der Waals surface area contributed by atoms with Gasteiger partial charge in [0.1, 0.15) is 5.75 Å². The van der Waals surface area contributed by atoms with Crippen LogP contribution in [0, 0.1) is 0 Å². The molecule has 0 bridgehead atoms. The molecule has 0 unspecified atom stereocenters. The van der Waals surface area contributed by atoms with E-state index in [0.29, 0.717) is 24.2 Å². The van der Waals surface area contributed by atoms with Gasteiger partial charge in [-0.15, -0.1) is 0 Å². The molecule has 0 fully saturated rings. The van der Waals surface area contributed by atoms with Crippen LogP contribution in [0.2, 0.25) is 0 Å². The summed E-state index contributed by atoms with van der Waals surface area (Å²) in [5.74, 6) is 0.659. The van der Waals surface area contributed by atoms with Crippen molar-refractivity contribution in [2.45, 2.75) is 33.6 Å². The molecule has 0 saturated heterocycles. The van der Waals surface area contributed by atoms with E-state index in [1.807, 2.05) is 50.2 Å². The molecule has 0 saturated carbocycles. The number of amides is 1. The van der Waals surface area contributed by atoms with Crippen molar-refractivity contribution in [3.63, 3.8) is 0 Å². The van der Waals surface area contributed by atoms with Gasteiger partial charge in [-0.05, 0) is 36.2 Å². The number of Topliss-reactive ketones (excluding diaryl/α,β-unsaturated/α-hetero) is 1. The Bertz CT molecular complexity index is 1130. The highest BCUT2D eigenvalue weighted by atomic mass is 16.5. The molecule has 1 aliphatic rings. The van der Waals surface area contributed by atoms with E-state index >= 15 is 0 Å². The number of benzene rings is 2. The fourth-order valence-corrected chi connectivity index (χ4v) is 3.76. The number of rotatable bonds is 4. The Morgan fingerprint density at radius 2 is 1.87 bits per heavy atom. The Balaban J connectivity index is 0.00000118. The zero-order chi connectivity index (χ0) is 22.5. The summed E-state index contributed by atoms with van der Waals surface area (Å²) in [6.45, 7) is 5.54. The van der Waals surface area contributed by atoms with Crippen molar-refractivity contribution >= 4 is 17.4 Å². The van der Waals surface area contributed by atoms with E-state index in [1.165, 1.54) is 6.92 Å². The first-order valence-electron chi connectivity index (χ1n) is 10.5. The van der Waals surface area contributed by atoms with Crippen LogP contribution in [0.5, 0.6) is 5.75 Å². The lowest BCUT2D eigenvalue weighted by atomic mass is 9.99. The first kappa shape index (κ1) is 22.2. The number of hydrogen-bond donors (Lipinski definition) is 0. The maximum absolute atomic E-state index is 12.8. The molecule has 2 heterocycles. The molecule has 1 aromatic heterocycles. The smallest absolute Gasteiger partial charge is 0.258 e. The van der Waals surface area contributed by atoms with E-state index in [4.69, 9.17) is 4.74 Å². The van der Waals surface area contributed by atoms with E-state index < -0.39 is 0 Å². The van der Waals surface area contributed by atoms with E-state index in [0.717, 1.165) is 33.6 Å². The fourth-order valence-electron chi connectivity index (χ4n) is 3.76. The number of fused-ring (bicyclic) bond motifs is 2. The van der Waals surface area contributed by atoms with Crippen LogP contribution in [0.15, 0.2) is 54.7 Å². The SMILES string of the molecule is CC.COc1cc(C(C)=O)ccc1Cc1cc2c(cn1)N(C)C(=O)c1ccccc1C2.[HH]. The maximum Gasteiger partial charge on any atom is 0.258 e. The monoisotopic (exact) mass is 418 g/mol. The molecule has 162 valence electrons. The van der Waals surface area contributed by atoms with Crippen molar-refractivity contribution in [1.82, 2.24) is 4.98 Å². The van der Waals surface area contributed by atoms with Gasteiger partial charge < -0.3 is 9.64 Å². The summed E-state index contributed by atoms with van der Waals surface area (Å²) in [7, 11) is 3.39. The first-order valence-corrected chi connectivity index (χ1v) is 10.5. The third-order valence-corrected chi connectivity index (χ3v) is 5.38. The Morgan fingerprint density at radius 3 is 2.58 bits per heavy atom. The number of ether oxygens (including phenoxy) is 1. The average Bonchev–Trinajstić information content (AvgIpc) is 2.90. The molecule has 0 radical (unpaired) electrons. The molecule has 5 heteroatoms. The highest BCUT2D eigenvalue weighted by Gasteiger charge is 2.24. The quantitative estimate of drug-likeness (QED) is 0.537. The lowest BCUT2D eigenvalue weighted by molar-refractivity contribution is 0.0990. The molecule has 1 amide bonds. The number of carbonyl (C=O) groups is 2. The predicted molar refractivity (Wildman–Crippen MR) is 125 cm³/mol. The number of ketones is 1. The third kappa shape index (κ3) is 4.50. The zero-order valence-electron chi connectivity index (χ0n) is 18.7. The molecule has 31 heavy (non-hydrogen) atoms. The Hall–Kier alpha value is -3.47. The Kier molecular flexibility index (Phi) is 6.85. The normalized spacial score (nSPS) is 12.2. The van der Waals surface area contributed by atoms with Gasteiger partial charge in [-0.2, -0.15) is 0 Å². The molecule has 1 aliphatic heterocycles. The van der Waals surface area contributed by atoms with Crippen molar-refractivity contribution < 1.29 is 15.8 Å². The van der Waals surface area contributed by atoms with Gasteiger partial charge in [0, 0.05) is 43.7 Å². The van der Waals surface area contributed by atoms with Crippen molar-refractivity contribution in [3.05, 3.63) is 88.2 Å². The third-order valence-electron chi connectivity index (χ3n) is 5.38. The summed E-state index contributed by atoms with van der Waals surface area (Å²) < 4.78 is 5.49. The van der Waals surface area contributed by atoms with Crippen LogP contribution in [0.3, 0.4) is 0 Å². The highest BCUT2D eigenvalue weighted by molar-refractivity contribution is 6.08. The van der Waals surface area contributed by atoms with Gasteiger partial charge in [-0.1, -0.05) is 44.2 Å². The van der Waals surface area contributed by atoms with Crippen LogP contribution in [0.1, 0.15) is 65.3 Å². The number of nitrogens with zero attached hydrogens (tertiary/aromatic N) is 2. The molecule has 0 spiro atoms. The maximum atomic E-state index is 12.8. The molecule has 4 rings (SSSR count). The minimum absolute atomic E-state index is 0. The molecule has 0 aliphatic carbocycles. The van der Waals surface area contributed by atoms with Gasteiger partial charge in [0.15, 0.2) is 5.78 Å². The number of hydrogen-bond acceptors (Lipinski definition) is 4. The summed E-state index contributed by atoms with van der Waals surface area (Å²) in [6, 6.07) is 15.3. The standard InChI is InChI=1S/C24H22N2O3.C2H6.H2/c1-15(27)16-8-9-18(23(13-16)29-3)11-20-12-19-10-17-6-4-5-7-21(17)24(28)26(2)22(19)14-25-20;1-2;/h4-9,12-14H,10-11H2,1-3H3;1-2H3;1H. The lowest BCUT2D eigenvalue weighted by Crippen LogP contribution is -2.26. The van der Waals surface area contributed by atoms with E-state index in [2.05, 4.69) is 11.1 Å². The fraction of sp³-hybridized carbons (Fsp3) is 0.269. The Labute approximate surface area is 185 Å². The van der Waals surface area contributed by atoms with Crippen LogP contribution in [-0.2, 0) is 12.8 Å². The second-order valence-corrected chi connectivity index (χ2v) is 7.26. The van der Waals surface area contributed by atoms with Gasteiger partial charge in [0.25, 0.3) is 5.91 Å². The highest BCUT2D eigenvalue weighted by Crippen LogP contribution is 2.31. The van der Waals surface area contributed by atoms with Gasteiger partial charge in [0.05, 0.1) is 19.0 Å². The van der Waals surface area contributed by atoms with Gasteiger partial charge in [-0.3, -0.25) is 14.6 Å². The van der Waals surface area contributed by atoms with Crippen molar-refractivity contribution in [1.29, 1.82) is 0 Å². The van der Waals surface area contributed by atoms with Crippen molar-refractivity contribution in [3.8, 4) is 5.75 Å². The van der Waals surface area contributed by atoms with E-state index in [9.17, 15) is 9.59 Å². The number of anilines is 1. The molecular weight excluding hydrogens is 388 g/mol. The van der Waals surface area contributed by atoms with Crippen LogP contribution in [0.25, 0.3) is 0 Å². The minimum atomic E-state index is -0.0182. The topological polar surface area (TPSA) is 59.5 Å². The van der Waals surface area contributed by atoms with Gasteiger partial charge >= 0.3 is 0 Å². The average molecular weight is 419 g/mol. The van der Waals surface area contributed by atoms with Crippen LogP contribution >= 0.6 is 0 Å². The van der Waals surface area contributed by atoms with E-state index in [-0.39, 0.29) is 13.1 Å². The van der Waals surface area contributed by atoms with Gasteiger partial charge in [-0.25, -0.2) is 0 Å². The van der Waals surface area contributed by atoms with Gasteiger partial charge in [0.2, 0.25) is 0 Å². The molecule has 2 aromatic carbocycles. The number of aromatic nitrogens is 1. The second-order valence-electron chi connectivity index (χ2n) is 7.26. The van der Waals surface area contributed by atoms with Crippen molar-refractivity contribution in [2.24, 2.45) is 0 Å². The number of carbonyl (C=O) groups excluding carboxylic acids is 2. The summed E-state index contributed by atoms with van der Waals surface area (Å²) in [5, 5.41) is 0. The van der Waals surface area contributed by atoms with Crippen LogP contribution in [-0.4, -0.2) is 30.8 Å². The molecule has 0 N–H and O–H groups in total. The first-order chi connectivity index (χ1) is 15.0.